The number of carbonyl (C=O) groups excluding carboxylic acids is 1. The van der Waals surface area contributed by atoms with E-state index in [1.807, 2.05) is 30.3 Å². The van der Waals surface area contributed by atoms with Crippen molar-refractivity contribution in [3.05, 3.63) is 64.1 Å². The molecule has 0 unspecified atom stereocenters. The largest absolute Gasteiger partial charge is 0.389 e. The summed E-state index contributed by atoms with van der Waals surface area (Å²) in [5, 5.41) is 16.0. The summed E-state index contributed by atoms with van der Waals surface area (Å²) in [6.45, 7) is 3.78. The van der Waals surface area contributed by atoms with E-state index in [0.717, 1.165) is 5.56 Å². The van der Waals surface area contributed by atoms with Crippen molar-refractivity contribution >= 4 is 5.91 Å². The van der Waals surface area contributed by atoms with Crippen molar-refractivity contribution in [2.24, 2.45) is 0 Å². The SMILES string of the molecule is CC(C)(O)CN(Cc1ccccc1)C(=O)c1ccc(=O)[nH]n1. The first kappa shape index (κ1) is 15.9. The first-order valence-corrected chi connectivity index (χ1v) is 6.96. The topological polar surface area (TPSA) is 86.3 Å². The van der Waals surface area contributed by atoms with Gasteiger partial charge in [0, 0.05) is 19.2 Å². The van der Waals surface area contributed by atoms with E-state index in [-0.39, 0.29) is 23.7 Å². The van der Waals surface area contributed by atoms with Gasteiger partial charge < -0.3 is 10.0 Å². The Morgan fingerprint density at radius 3 is 2.45 bits per heavy atom. The fourth-order valence-corrected chi connectivity index (χ4v) is 2.10. The zero-order valence-electron chi connectivity index (χ0n) is 12.6. The fraction of sp³-hybridized carbons (Fsp3) is 0.312. The Labute approximate surface area is 128 Å². The average Bonchev–Trinajstić information content (AvgIpc) is 2.46. The van der Waals surface area contributed by atoms with Crippen LogP contribution in [0.3, 0.4) is 0 Å². The number of rotatable bonds is 5. The highest BCUT2D eigenvalue weighted by molar-refractivity contribution is 5.92. The quantitative estimate of drug-likeness (QED) is 0.868. The molecule has 116 valence electrons. The van der Waals surface area contributed by atoms with Crippen LogP contribution in [0.15, 0.2) is 47.3 Å². The molecule has 6 heteroatoms. The molecule has 0 aliphatic rings. The van der Waals surface area contributed by atoms with Gasteiger partial charge in [-0.1, -0.05) is 30.3 Å². The Morgan fingerprint density at radius 2 is 1.91 bits per heavy atom. The predicted octanol–water partition coefficient (Wildman–Crippen LogP) is 1.18. The van der Waals surface area contributed by atoms with E-state index >= 15 is 0 Å². The van der Waals surface area contributed by atoms with E-state index in [1.54, 1.807) is 13.8 Å². The third kappa shape index (κ3) is 4.53. The zero-order chi connectivity index (χ0) is 16.2. The average molecular weight is 301 g/mol. The minimum Gasteiger partial charge on any atom is -0.389 e. The molecule has 1 aromatic heterocycles. The third-order valence-electron chi connectivity index (χ3n) is 2.98. The van der Waals surface area contributed by atoms with Crippen molar-refractivity contribution in [1.82, 2.24) is 15.1 Å². The van der Waals surface area contributed by atoms with Gasteiger partial charge in [0.25, 0.3) is 11.5 Å². The number of H-pyrrole nitrogens is 1. The molecule has 1 amide bonds. The van der Waals surface area contributed by atoms with Gasteiger partial charge in [0.05, 0.1) is 5.60 Å². The summed E-state index contributed by atoms with van der Waals surface area (Å²) in [5.74, 6) is -0.345. The van der Waals surface area contributed by atoms with Crippen LogP contribution < -0.4 is 5.56 Å². The second-order valence-electron chi connectivity index (χ2n) is 5.77. The molecule has 0 spiro atoms. The van der Waals surface area contributed by atoms with E-state index < -0.39 is 5.60 Å². The van der Waals surface area contributed by atoms with Gasteiger partial charge in [-0.15, -0.1) is 0 Å². The maximum Gasteiger partial charge on any atom is 0.274 e. The Morgan fingerprint density at radius 1 is 1.23 bits per heavy atom. The highest BCUT2D eigenvalue weighted by atomic mass is 16.3. The lowest BCUT2D eigenvalue weighted by Crippen LogP contribution is -2.42. The highest BCUT2D eigenvalue weighted by Gasteiger charge is 2.24. The van der Waals surface area contributed by atoms with Gasteiger partial charge >= 0.3 is 0 Å². The second-order valence-corrected chi connectivity index (χ2v) is 5.77. The molecule has 6 nitrogen and oxygen atoms in total. The van der Waals surface area contributed by atoms with Crippen LogP contribution in [0, 0.1) is 0 Å². The van der Waals surface area contributed by atoms with E-state index in [2.05, 4.69) is 10.2 Å². The molecule has 2 N–H and O–H groups in total. The van der Waals surface area contributed by atoms with E-state index in [4.69, 9.17) is 0 Å². The minimum absolute atomic E-state index is 0.139. The van der Waals surface area contributed by atoms with Crippen molar-refractivity contribution < 1.29 is 9.90 Å². The normalized spacial score (nSPS) is 11.2. The maximum absolute atomic E-state index is 12.6. The van der Waals surface area contributed by atoms with E-state index in [0.29, 0.717) is 6.54 Å². The molecule has 1 aromatic carbocycles. The van der Waals surface area contributed by atoms with Crippen LogP contribution >= 0.6 is 0 Å². The number of aromatic amines is 1. The molecule has 0 saturated carbocycles. The molecule has 0 bridgehead atoms. The van der Waals surface area contributed by atoms with Crippen molar-refractivity contribution in [2.45, 2.75) is 26.0 Å². The van der Waals surface area contributed by atoms with Gasteiger partial charge in [-0.2, -0.15) is 5.10 Å². The first-order chi connectivity index (χ1) is 10.3. The molecule has 1 heterocycles. The van der Waals surface area contributed by atoms with Crippen LogP contribution in [0.5, 0.6) is 0 Å². The van der Waals surface area contributed by atoms with E-state index in [1.165, 1.54) is 17.0 Å². The van der Waals surface area contributed by atoms with Crippen LogP contribution in [-0.4, -0.2) is 38.3 Å². The summed E-state index contributed by atoms with van der Waals surface area (Å²) in [4.78, 5) is 25.1. The molecule has 0 aliphatic carbocycles. The maximum atomic E-state index is 12.6. The number of nitrogens with one attached hydrogen (secondary N) is 1. The van der Waals surface area contributed by atoms with E-state index in [9.17, 15) is 14.7 Å². The van der Waals surface area contributed by atoms with Crippen LogP contribution in [0.1, 0.15) is 29.9 Å². The van der Waals surface area contributed by atoms with Crippen molar-refractivity contribution in [3.63, 3.8) is 0 Å². The highest BCUT2D eigenvalue weighted by Crippen LogP contribution is 2.13. The zero-order valence-corrected chi connectivity index (χ0v) is 12.6. The molecule has 0 atom stereocenters. The summed E-state index contributed by atoms with van der Waals surface area (Å²) < 4.78 is 0. The number of aliphatic hydroxyl groups is 1. The molecule has 0 aliphatic heterocycles. The molecular formula is C16H19N3O3. The summed E-state index contributed by atoms with van der Waals surface area (Å²) in [5.41, 5.74) is -0.315. The lowest BCUT2D eigenvalue weighted by Gasteiger charge is -2.29. The number of amides is 1. The molecule has 0 fully saturated rings. The van der Waals surface area contributed by atoms with Crippen LogP contribution in [0.2, 0.25) is 0 Å². The predicted molar refractivity (Wildman–Crippen MR) is 82.3 cm³/mol. The Bertz CT molecular complexity index is 669. The molecule has 22 heavy (non-hydrogen) atoms. The Balaban J connectivity index is 2.25. The molecule has 0 radical (unpaired) electrons. The van der Waals surface area contributed by atoms with Gasteiger partial charge in [-0.05, 0) is 25.5 Å². The lowest BCUT2D eigenvalue weighted by molar-refractivity contribution is 0.0276. The standard InChI is InChI=1S/C16H19N3O3/c1-16(2,22)11-19(10-12-6-4-3-5-7-12)15(21)13-8-9-14(20)18-17-13/h3-9,22H,10-11H2,1-2H3,(H,18,20). The second kappa shape index (κ2) is 6.53. The fourth-order valence-electron chi connectivity index (χ4n) is 2.10. The lowest BCUT2D eigenvalue weighted by atomic mass is 10.1. The minimum atomic E-state index is -1.04. The number of carbonyl (C=O) groups is 1. The van der Waals surface area contributed by atoms with Gasteiger partial charge in [0.15, 0.2) is 0 Å². The molecular weight excluding hydrogens is 282 g/mol. The number of hydrogen-bond donors (Lipinski definition) is 2. The van der Waals surface area contributed by atoms with Gasteiger partial charge in [-0.25, -0.2) is 5.10 Å². The van der Waals surface area contributed by atoms with Crippen LogP contribution in [0.25, 0.3) is 0 Å². The van der Waals surface area contributed by atoms with Crippen molar-refractivity contribution in [3.8, 4) is 0 Å². The van der Waals surface area contributed by atoms with Gasteiger partial charge in [-0.3, -0.25) is 9.59 Å². The molecule has 0 saturated heterocycles. The monoisotopic (exact) mass is 301 g/mol. The number of hydrogen-bond acceptors (Lipinski definition) is 4. The number of benzene rings is 1. The molecule has 2 rings (SSSR count). The van der Waals surface area contributed by atoms with Gasteiger partial charge in [0.2, 0.25) is 0 Å². The first-order valence-electron chi connectivity index (χ1n) is 6.96. The van der Waals surface area contributed by atoms with Crippen LogP contribution in [-0.2, 0) is 6.54 Å². The summed E-state index contributed by atoms with van der Waals surface area (Å²) in [6, 6.07) is 12.1. The number of nitrogens with zero attached hydrogens (tertiary/aromatic N) is 2. The van der Waals surface area contributed by atoms with Crippen LogP contribution in [0.4, 0.5) is 0 Å². The Hall–Kier alpha value is -2.47. The summed E-state index contributed by atoms with van der Waals surface area (Å²) in [7, 11) is 0. The van der Waals surface area contributed by atoms with Gasteiger partial charge in [0.1, 0.15) is 5.69 Å². The van der Waals surface area contributed by atoms with Crippen molar-refractivity contribution in [1.29, 1.82) is 0 Å². The molecule has 2 aromatic rings. The Kier molecular flexibility index (Phi) is 4.72. The summed E-state index contributed by atoms with van der Waals surface area (Å²) in [6.07, 6.45) is 0. The van der Waals surface area contributed by atoms with Crippen molar-refractivity contribution in [2.75, 3.05) is 6.54 Å². The smallest absolute Gasteiger partial charge is 0.274 e. The number of aromatic nitrogens is 2. The summed E-state index contributed by atoms with van der Waals surface area (Å²) >= 11 is 0. The third-order valence-corrected chi connectivity index (χ3v) is 2.98.